The van der Waals surface area contributed by atoms with Crippen LogP contribution in [0, 0.1) is 0 Å². The van der Waals surface area contributed by atoms with Gasteiger partial charge in [0.05, 0.1) is 5.69 Å². The molecule has 6 heteroatoms. The topological polar surface area (TPSA) is 55.1 Å². The molecular formula is C12H14N2O2S2. The van der Waals surface area contributed by atoms with E-state index in [1.165, 1.54) is 11.3 Å². The third-order valence-electron chi connectivity index (χ3n) is 2.37. The molecule has 2 heterocycles. The molecule has 0 saturated heterocycles. The summed E-state index contributed by atoms with van der Waals surface area (Å²) in [6.45, 7) is 4.17. The molecule has 0 saturated carbocycles. The molecule has 0 aliphatic carbocycles. The number of aromatic carboxylic acids is 1. The SMILES string of the molecule is CC(C)n1ccc(CSc2csc(C(=O)O)c2)n1. The average molecular weight is 282 g/mol. The smallest absolute Gasteiger partial charge is 0.345 e. The van der Waals surface area contributed by atoms with Crippen molar-refractivity contribution in [3.8, 4) is 0 Å². The lowest BCUT2D eigenvalue weighted by molar-refractivity contribution is 0.0702. The van der Waals surface area contributed by atoms with Crippen LogP contribution < -0.4 is 0 Å². The first kappa shape index (κ1) is 13.2. The predicted molar refractivity (Wildman–Crippen MR) is 73.5 cm³/mol. The maximum Gasteiger partial charge on any atom is 0.345 e. The van der Waals surface area contributed by atoms with Crippen LogP contribution in [0.15, 0.2) is 28.6 Å². The summed E-state index contributed by atoms with van der Waals surface area (Å²) in [6, 6.07) is 4.07. The van der Waals surface area contributed by atoms with E-state index < -0.39 is 5.97 Å². The summed E-state index contributed by atoms with van der Waals surface area (Å²) in [7, 11) is 0. The molecule has 2 aromatic heterocycles. The van der Waals surface area contributed by atoms with Gasteiger partial charge in [-0.2, -0.15) is 5.10 Å². The molecule has 0 bridgehead atoms. The van der Waals surface area contributed by atoms with Crippen molar-refractivity contribution in [3.05, 3.63) is 34.3 Å². The van der Waals surface area contributed by atoms with Crippen LogP contribution in [-0.2, 0) is 5.75 Å². The summed E-state index contributed by atoms with van der Waals surface area (Å²) in [5, 5.41) is 15.2. The lowest BCUT2D eigenvalue weighted by atomic mass is 10.4. The zero-order chi connectivity index (χ0) is 13.1. The Bertz CT molecular complexity index is 546. The minimum absolute atomic E-state index is 0.364. The molecule has 0 atom stereocenters. The van der Waals surface area contributed by atoms with Gasteiger partial charge in [0.2, 0.25) is 0 Å². The van der Waals surface area contributed by atoms with E-state index in [1.54, 1.807) is 17.8 Å². The van der Waals surface area contributed by atoms with Crippen LogP contribution in [0.25, 0.3) is 0 Å². The zero-order valence-corrected chi connectivity index (χ0v) is 11.8. The normalized spacial score (nSPS) is 11.1. The molecule has 4 nitrogen and oxygen atoms in total. The predicted octanol–water partition coefficient (Wildman–Crippen LogP) is 3.52. The van der Waals surface area contributed by atoms with Crippen LogP contribution in [-0.4, -0.2) is 20.9 Å². The van der Waals surface area contributed by atoms with Gasteiger partial charge in [0, 0.05) is 28.3 Å². The van der Waals surface area contributed by atoms with Gasteiger partial charge in [0.1, 0.15) is 4.88 Å². The van der Waals surface area contributed by atoms with Gasteiger partial charge >= 0.3 is 5.97 Å². The number of thiophene rings is 1. The lowest BCUT2D eigenvalue weighted by Crippen LogP contribution is -2.01. The van der Waals surface area contributed by atoms with Crippen molar-refractivity contribution in [2.45, 2.75) is 30.5 Å². The molecule has 2 aromatic rings. The molecule has 1 N–H and O–H groups in total. The van der Waals surface area contributed by atoms with Crippen molar-refractivity contribution >= 4 is 29.1 Å². The Hall–Kier alpha value is -1.27. The summed E-state index contributed by atoms with van der Waals surface area (Å²) in [6.07, 6.45) is 1.97. The van der Waals surface area contributed by atoms with E-state index in [4.69, 9.17) is 5.11 Å². The van der Waals surface area contributed by atoms with Crippen molar-refractivity contribution in [1.29, 1.82) is 0 Å². The van der Waals surface area contributed by atoms with E-state index in [0.717, 1.165) is 16.3 Å². The van der Waals surface area contributed by atoms with Crippen LogP contribution in [0.5, 0.6) is 0 Å². The molecule has 0 radical (unpaired) electrons. The number of carboxylic acid groups (broad SMARTS) is 1. The van der Waals surface area contributed by atoms with Gasteiger partial charge in [-0.25, -0.2) is 4.79 Å². The van der Waals surface area contributed by atoms with Gasteiger partial charge in [-0.3, -0.25) is 4.68 Å². The first-order chi connectivity index (χ1) is 8.56. The van der Waals surface area contributed by atoms with Crippen molar-refractivity contribution in [3.63, 3.8) is 0 Å². The van der Waals surface area contributed by atoms with E-state index in [9.17, 15) is 4.79 Å². The fourth-order valence-electron chi connectivity index (χ4n) is 1.41. The molecule has 0 unspecified atom stereocenters. The van der Waals surface area contributed by atoms with E-state index in [-0.39, 0.29) is 0 Å². The third-order valence-corrected chi connectivity index (χ3v) is 4.44. The first-order valence-electron chi connectivity index (χ1n) is 5.55. The Morgan fingerprint density at radius 2 is 2.39 bits per heavy atom. The Kier molecular flexibility index (Phi) is 4.08. The van der Waals surface area contributed by atoms with Crippen molar-refractivity contribution in [1.82, 2.24) is 9.78 Å². The summed E-state index contributed by atoms with van der Waals surface area (Å²) < 4.78 is 1.92. The number of carboxylic acids is 1. The van der Waals surface area contributed by atoms with Crippen molar-refractivity contribution < 1.29 is 9.90 Å². The van der Waals surface area contributed by atoms with Gasteiger partial charge in [-0.15, -0.1) is 23.1 Å². The number of thioether (sulfide) groups is 1. The first-order valence-corrected chi connectivity index (χ1v) is 7.41. The number of rotatable bonds is 5. The minimum atomic E-state index is -0.865. The number of hydrogen-bond donors (Lipinski definition) is 1. The van der Waals surface area contributed by atoms with E-state index in [0.29, 0.717) is 10.9 Å². The summed E-state index contributed by atoms with van der Waals surface area (Å²) in [5.41, 5.74) is 1.01. The Morgan fingerprint density at radius 3 is 2.94 bits per heavy atom. The average Bonchev–Trinajstić information content (AvgIpc) is 2.95. The Balaban J connectivity index is 1.95. The van der Waals surface area contributed by atoms with Gasteiger partial charge < -0.3 is 5.11 Å². The van der Waals surface area contributed by atoms with E-state index in [2.05, 4.69) is 18.9 Å². The highest BCUT2D eigenvalue weighted by Crippen LogP contribution is 2.27. The maximum absolute atomic E-state index is 10.8. The number of aromatic nitrogens is 2. The molecule has 0 aliphatic heterocycles. The molecule has 0 spiro atoms. The second kappa shape index (κ2) is 5.58. The molecule has 0 fully saturated rings. The summed E-state index contributed by atoms with van der Waals surface area (Å²) in [5.74, 6) is -0.105. The van der Waals surface area contributed by atoms with Gasteiger partial charge in [0.15, 0.2) is 0 Å². The van der Waals surface area contributed by atoms with Crippen LogP contribution in [0.1, 0.15) is 35.3 Å². The van der Waals surface area contributed by atoms with E-state index in [1.807, 2.05) is 22.3 Å². The zero-order valence-electron chi connectivity index (χ0n) is 10.2. The van der Waals surface area contributed by atoms with Gasteiger partial charge in [-0.1, -0.05) is 0 Å². The maximum atomic E-state index is 10.8. The molecule has 0 aliphatic rings. The third kappa shape index (κ3) is 3.14. The monoisotopic (exact) mass is 282 g/mol. The second-order valence-electron chi connectivity index (χ2n) is 4.12. The standard InChI is InChI=1S/C12H14N2O2S2/c1-8(2)14-4-3-9(13-14)6-17-10-5-11(12(15)16)18-7-10/h3-5,7-8H,6H2,1-2H3,(H,15,16). The van der Waals surface area contributed by atoms with Gasteiger partial charge in [-0.05, 0) is 26.0 Å². The molecule has 96 valence electrons. The number of hydrogen-bond acceptors (Lipinski definition) is 4. The van der Waals surface area contributed by atoms with Crippen LogP contribution in [0.2, 0.25) is 0 Å². The minimum Gasteiger partial charge on any atom is -0.477 e. The second-order valence-corrected chi connectivity index (χ2v) is 6.08. The van der Waals surface area contributed by atoms with Crippen LogP contribution in [0.4, 0.5) is 0 Å². The molecule has 0 aromatic carbocycles. The highest BCUT2D eigenvalue weighted by molar-refractivity contribution is 7.98. The highest BCUT2D eigenvalue weighted by atomic mass is 32.2. The highest BCUT2D eigenvalue weighted by Gasteiger charge is 2.08. The van der Waals surface area contributed by atoms with Crippen molar-refractivity contribution in [2.24, 2.45) is 0 Å². The lowest BCUT2D eigenvalue weighted by Gasteiger charge is -2.03. The molecule has 18 heavy (non-hydrogen) atoms. The number of carbonyl (C=O) groups is 1. The number of nitrogens with zero attached hydrogens (tertiary/aromatic N) is 2. The molecule has 0 amide bonds. The molecule has 2 rings (SSSR count). The summed E-state index contributed by atoms with van der Waals surface area (Å²) >= 11 is 2.86. The van der Waals surface area contributed by atoms with Crippen LogP contribution in [0.3, 0.4) is 0 Å². The fraction of sp³-hybridized carbons (Fsp3) is 0.333. The fourth-order valence-corrected chi connectivity index (χ4v) is 3.17. The quantitative estimate of drug-likeness (QED) is 0.853. The molecular weight excluding hydrogens is 268 g/mol. The summed E-state index contributed by atoms with van der Waals surface area (Å²) in [4.78, 5) is 12.1. The van der Waals surface area contributed by atoms with E-state index >= 15 is 0 Å². The Labute approximate surface area is 114 Å². The Morgan fingerprint density at radius 1 is 1.61 bits per heavy atom. The van der Waals surface area contributed by atoms with Crippen LogP contribution >= 0.6 is 23.1 Å². The largest absolute Gasteiger partial charge is 0.477 e. The van der Waals surface area contributed by atoms with Crippen molar-refractivity contribution in [2.75, 3.05) is 0 Å². The van der Waals surface area contributed by atoms with Gasteiger partial charge in [0.25, 0.3) is 0 Å².